The van der Waals surface area contributed by atoms with Crippen LogP contribution in [0.2, 0.25) is 0 Å². The third kappa shape index (κ3) is 5.16. The number of nitro benzene ring substituents is 1. The van der Waals surface area contributed by atoms with Crippen molar-refractivity contribution in [3.63, 3.8) is 0 Å². The molecule has 2 rings (SSSR count). The van der Waals surface area contributed by atoms with E-state index in [2.05, 4.69) is 4.74 Å². The summed E-state index contributed by atoms with van der Waals surface area (Å²) in [5.74, 6) is -3.93. The number of alkyl halides is 2. The molecule has 0 bridgehead atoms. The van der Waals surface area contributed by atoms with E-state index >= 15 is 0 Å². The second-order valence-electron chi connectivity index (χ2n) is 5.50. The number of hydrogen-bond donors (Lipinski definition) is 0. The monoisotopic (exact) mass is 429 g/mol. The van der Waals surface area contributed by atoms with Crippen molar-refractivity contribution < 1.29 is 46.6 Å². The fourth-order valence-corrected chi connectivity index (χ4v) is 2.40. The smallest absolute Gasteiger partial charge is 0.387 e. The van der Waals surface area contributed by atoms with Crippen molar-refractivity contribution in [2.75, 3.05) is 20.8 Å². The van der Waals surface area contributed by atoms with E-state index < -0.39 is 58.5 Å². The van der Waals surface area contributed by atoms with Gasteiger partial charge in [-0.3, -0.25) is 14.9 Å². The highest BCUT2D eigenvalue weighted by Gasteiger charge is 2.28. The van der Waals surface area contributed by atoms with Crippen LogP contribution in [0, 0.1) is 15.9 Å². The summed E-state index contributed by atoms with van der Waals surface area (Å²) in [7, 11) is 2.31. The molecule has 9 nitrogen and oxygen atoms in total. The molecule has 0 saturated heterocycles. The first kappa shape index (κ1) is 22.5. The quantitative estimate of drug-likeness (QED) is 0.258. The van der Waals surface area contributed by atoms with Crippen LogP contribution in [0.25, 0.3) is 0 Å². The van der Waals surface area contributed by atoms with Crippen LogP contribution in [-0.4, -0.2) is 44.1 Å². The first-order valence-corrected chi connectivity index (χ1v) is 8.03. The Hall–Kier alpha value is -3.83. The number of halogens is 3. The van der Waals surface area contributed by atoms with Gasteiger partial charge in [0.15, 0.2) is 18.1 Å². The molecule has 0 aromatic heterocycles. The van der Waals surface area contributed by atoms with Gasteiger partial charge in [-0.1, -0.05) is 0 Å². The lowest BCUT2D eigenvalue weighted by molar-refractivity contribution is -0.385. The van der Waals surface area contributed by atoms with Crippen molar-refractivity contribution in [3.05, 3.63) is 57.4 Å². The maximum absolute atomic E-state index is 13.4. The van der Waals surface area contributed by atoms with Crippen LogP contribution in [0.1, 0.15) is 20.7 Å². The number of nitrogens with zero attached hydrogens (tertiary/aromatic N) is 1. The van der Waals surface area contributed by atoms with E-state index in [4.69, 9.17) is 14.2 Å². The first-order chi connectivity index (χ1) is 14.2. The zero-order chi connectivity index (χ0) is 22.4. The fourth-order valence-electron chi connectivity index (χ4n) is 2.40. The number of methoxy groups -OCH3 is 2. The highest BCUT2D eigenvalue weighted by molar-refractivity contribution is 6.02. The van der Waals surface area contributed by atoms with Crippen LogP contribution in [0.15, 0.2) is 30.3 Å². The van der Waals surface area contributed by atoms with E-state index in [1.54, 1.807) is 0 Å². The van der Waals surface area contributed by atoms with Crippen molar-refractivity contribution in [2.45, 2.75) is 6.61 Å². The highest BCUT2D eigenvalue weighted by Crippen LogP contribution is 2.36. The lowest BCUT2D eigenvalue weighted by Crippen LogP contribution is -2.16. The van der Waals surface area contributed by atoms with Gasteiger partial charge in [-0.2, -0.15) is 8.78 Å². The minimum absolute atomic E-state index is 0.0265. The molecule has 2 aromatic rings. The fraction of sp³-hybridized carbons (Fsp3) is 0.222. The first-order valence-electron chi connectivity index (χ1n) is 8.03. The standard InChI is InChI=1S/C18H14F3NO8/c1-27-14-4-3-9(19)5-11(14)13(23)8-29-17(24)10-6-15(28-2)16(30-18(20)21)7-12(10)22(25)26/h3-7,18H,8H2,1-2H3. The van der Waals surface area contributed by atoms with Gasteiger partial charge >= 0.3 is 12.6 Å². The van der Waals surface area contributed by atoms with Gasteiger partial charge in [0.25, 0.3) is 5.69 Å². The molecule has 12 heteroatoms. The van der Waals surface area contributed by atoms with Crippen LogP contribution in [-0.2, 0) is 4.74 Å². The van der Waals surface area contributed by atoms with Crippen LogP contribution in [0.5, 0.6) is 17.2 Å². The largest absolute Gasteiger partial charge is 0.496 e. The number of ketones is 1. The van der Waals surface area contributed by atoms with Gasteiger partial charge in [0, 0.05) is 6.07 Å². The summed E-state index contributed by atoms with van der Waals surface area (Å²) >= 11 is 0. The van der Waals surface area contributed by atoms with Crippen LogP contribution >= 0.6 is 0 Å². The Morgan fingerprint density at radius 3 is 2.27 bits per heavy atom. The molecule has 0 amide bonds. The highest BCUT2D eigenvalue weighted by atomic mass is 19.3. The summed E-state index contributed by atoms with van der Waals surface area (Å²) in [4.78, 5) is 34.8. The maximum Gasteiger partial charge on any atom is 0.387 e. The number of nitro groups is 1. The summed E-state index contributed by atoms with van der Waals surface area (Å²) in [6.07, 6.45) is 0. The lowest BCUT2D eigenvalue weighted by Gasteiger charge is -2.12. The number of carbonyl (C=O) groups is 2. The molecule has 0 saturated carbocycles. The lowest BCUT2D eigenvalue weighted by atomic mass is 10.1. The minimum Gasteiger partial charge on any atom is -0.496 e. The van der Waals surface area contributed by atoms with Gasteiger partial charge in [-0.15, -0.1) is 0 Å². The third-order valence-corrected chi connectivity index (χ3v) is 3.71. The normalized spacial score (nSPS) is 10.5. The Bertz CT molecular complexity index is 980. The number of esters is 1. The van der Waals surface area contributed by atoms with Gasteiger partial charge in [-0.25, -0.2) is 9.18 Å². The molecule has 0 atom stereocenters. The number of carbonyl (C=O) groups excluding carboxylic acids is 2. The molecule has 2 aromatic carbocycles. The van der Waals surface area contributed by atoms with Gasteiger partial charge < -0.3 is 18.9 Å². The molecule has 0 spiro atoms. The Balaban J connectivity index is 2.29. The SMILES string of the molecule is COc1cc(C(=O)OCC(=O)c2cc(F)ccc2OC)c([N+](=O)[O-])cc1OC(F)F. The van der Waals surface area contributed by atoms with Crippen molar-refractivity contribution in [2.24, 2.45) is 0 Å². The van der Waals surface area contributed by atoms with Crippen molar-refractivity contribution in [1.29, 1.82) is 0 Å². The molecule has 0 aliphatic heterocycles. The zero-order valence-corrected chi connectivity index (χ0v) is 15.5. The van der Waals surface area contributed by atoms with Crippen molar-refractivity contribution in [1.82, 2.24) is 0 Å². The third-order valence-electron chi connectivity index (χ3n) is 3.71. The molecule has 0 heterocycles. The molecule has 0 aliphatic carbocycles. The molecule has 0 N–H and O–H groups in total. The van der Waals surface area contributed by atoms with E-state index in [0.29, 0.717) is 6.07 Å². The molecule has 0 unspecified atom stereocenters. The molecule has 0 aliphatic rings. The van der Waals surface area contributed by atoms with E-state index in [1.165, 1.54) is 13.2 Å². The molecular formula is C18H14F3NO8. The second kappa shape index (κ2) is 9.58. The van der Waals surface area contributed by atoms with Crippen LogP contribution in [0.3, 0.4) is 0 Å². The summed E-state index contributed by atoms with van der Waals surface area (Å²) in [6.45, 7) is -4.19. The van der Waals surface area contributed by atoms with E-state index in [1.807, 2.05) is 0 Å². The number of Topliss-reactive ketones (excluding diaryl/α,β-unsaturated/α-hetero) is 1. The predicted octanol–water partition coefficient (Wildman–Crippen LogP) is 3.39. The second-order valence-corrected chi connectivity index (χ2v) is 5.50. The Kier molecular flexibility index (Phi) is 7.17. The number of rotatable bonds is 9. The predicted molar refractivity (Wildman–Crippen MR) is 93.8 cm³/mol. The Morgan fingerprint density at radius 2 is 1.70 bits per heavy atom. The van der Waals surface area contributed by atoms with Gasteiger partial charge in [0.05, 0.1) is 30.8 Å². The molecular weight excluding hydrogens is 415 g/mol. The van der Waals surface area contributed by atoms with E-state index in [-0.39, 0.29) is 11.3 Å². The Morgan fingerprint density at radius 1 is 1.03 bits per heavy atom. The van der Waals surface area contributed by atoms with Gasteiger partial charge in [0.1, 0.15) is 17.1 Å². The summed E-state index contributed by atoms with van der Waals surface area (Å²) in [5.41, 5.74) is -1.79. The van der Waals surface area contributed by atoms with E-state index in [9.17, 15) is 32.9 Å². The maximum atomic E-state index is 13.4. The number of benzene rings is 2. The summed E-state index contributed by atoms with van der Waals surface area (Å²) < 4.78 is 57.0. The van der Waals surface area contributed by atoms with Gasteiger partial charge in [0.2, 0.25) is 5.78 Å². The molecule has 30 heavy (non-hydrogen) atoms. The number of hydrogen-bond acceptors (Lipinski definition) is 8. The number of ether oxygens (including phenoxy) is 4. The van der Waals surface area contributed by atoms with Gasteiger partial charge in [-0.05, 0) is 18.2 Å². The molecule has 0 radical (unpaired) electrons. The summed E-state index contributed by atoms with van der Waals surface area (Å²) in [5, 5.41) is 11.2. The topological polar surface area (TPSA) is 114 Å². The average molecular weight is 429 g/mol. The average Bonchev–Trinajstić information content (AvgIpc) is 2.70. The molecule has 0 fully saturated rings. The van der Waals surface area contributed by atoms with Crippen molar-refractivity contribution >= 4 is 17.4 Å². The minimum atomic E-state index is -3.30. The van der Waals surface area contributed by atoms with Crippen LogP contribution < -0.4 is 14.2 Å². The summed E-state index contributed by atoms with van der Waals surface area (Å²) in [6, 6.07) is 4.46. The van der Waals surface area contributed by atoms with E-state index in [0.717, 1.165) is 25.3 Å². The van der Waals surface area contributed by atoms with Crippen molar-refractivity contribution in [3.8, 4) is 17.2 Å². The van der Waals surface area contributed by atoms with Crippen LogP contribution in [0.4, 0.5) is 18.9 Å². The Labute approximate surface area is 167 Å². The molecule has 160 valence electrons. The zero-order valence-electron chi connectivity index (χ0n) is 15.5.